The molecule has 0 fully saturated rings. The van der Waals surface area contributed by atoms with E-state index in [1.54, 1.807) is 14.2 Å². The summed E-state index contributed by atoms with van der Waals surface area (Å²) in [5.41, 5.74) is 13.4. The molecule has 4 nitrogen and oxygen atoms in total. The predicted molar refractivity (Wildman–Crippen MR) is 186 cm³/mol. The van der Waals surface area contributed by atoms with E-state index in [0.717, 1.165) is 45.4 Å². The molecule has 0 aromatic heterocycles. The van der Waals surface area contributed by atoms with Gasteiger partial charge in [-0.05, 0) is 119 Å². The van der Waals surface area contributed by atoms with Crippen molar-refractivity contribution in [3.05, 3.63) is 167 Å². The Balaban J connectivity index is 1.42. The zero-order chi connectivity index (χ0) is 31.0. The third kappa shape index (κ3) is 4.89. The van der Waals surface area contributed by atoms with Gasteiger partial charge in [0.1, 0.15) is 11.5 Å². The van der Waals surface area contributed by atoms with Crippen LogP contribution >= 0.6 is 0 Å². The Kier molecular flexibility index (Phi) is 7.26. The smallest absolute Gasteiger partial charge is 0.119 e. The van der Waals surface area contributed by atoms with Gasteiger partial charge in [0.2, 0.25) is 0 Å². The van der Waals surface area contributed by atoms with Crippen molar-refractivity contribution in [1.82, 2.24) is 0 Å². The number of aryl methyl sites for hydroxylation is 2. The molecule has 7 rings (SSSR count). The highest BCUT2D eigenvalue weighted by Crippen LogP contribution is 2.57. The molecule has 222 valence electrons. The number of nitrogens with one attached hydrogen (secondary N) is 2. The minimum Gasteiger partial charge on any atom is -0.497 e. The molecule has 0 unspecified atom stereocenters. The molecule has 0 spiro atoms. The lowest BCUT2D eigenvalue weighted by atomic mass is 9.67. The number of anilines is 4. The molecule has 0 aliphatic heterocycles. The SMILES string of the molecule is COc1ccc(Nc2ccc3c(c2)C(c2ccccc2)(c2ccccc2)c2cc(Nc4ccc(OC)cc4C)ccc2-3)c(C)c1. The fraction of sp³-hybridized carbons (Fsp3) is 0.122. The van der Waals surface area contributed by atoms with Crippen LogP contribution in [0.15, 0.2) is 133 Å². The molecule has 1 aliphatic rings. The third-order valence-corrected chi connectivity index (χ3v) is 8.98. The molecular weight excluding hydrogens is 552 g/mol. The van der Waals surface area contributed by atoms with Crippen LogP contribution < -0.4 is 20.1 Å². The van der Waals surface area contributed by atoms with E-state index >= 15 is 0 Å². The van der Waals surface area contributed by atoms with E-state index < -0.39 is 5.41 Å². The minimum absolute atomic E-state index is 0.521. The summed E-state index contributed by atoms with van der Waals surface area (Å²) in [6.07, 6.45) is 0. The number of benzene rings is 6. The molecule has 6 aromatic carbocycles. The summed E-state index contributed by atoms with van der Waals surface area (Å²) in [5.74, 6) is 1.70. The first-order valence-corrected chi connectivity index (χ1v) is 15.2. The highest BCUT2D eigenvalue weighted by atomic mass is 16.5. The van der Waals surface area contributed by atoms with Crippen LogP contribution in [-0.4, -0.2) is 14.2 Å². The largest absolute Gasteiger partial charge is 0.497 e. The highest BCUT2D eigenvalue weighted by Gasteiger charge is 2.46. The second kappa shape index (κ2) is 11.5. The number of hydrogen-bond acceptors (Lipinski definition) is 4. The Bertz CT molecular complexity index is 1850. The maximum absolute atomic E-state index is 5.45. The second-order valence-corrected chi connectivity index (χ2v) is 11.6. The fourth-order valence-electron chi connectivity index (χ4n) is 6.76. The topological polar surface area (TPSA) is 42.5 Å². The van der Waals surface area contributed by atoms with Crippen molar-refractivity contribution in [2.45, 2.75) is 19.3 Å². The molecule has 45 heavy (non-hydrogen) atoms. The zero-order valence-electron chi connectivity index (χ0n) is 26.0. The molecule has 0 saturated carbocycles. The molecule has 0 heterocycles. The quantitative estimate of drug-likeness (QED) is 0.185. The highest BCUT2D eigenvalue weighted by molar-refractivity contribution is 5.89. The monoisotopic (exact) mass is 588 g/mol. The first kappa shape index (κ1) is 28.3. The average molecular weight is 589 g/mol. The zero-order valence-corrected chi connectivity index (χ0v) is 26.0. The Labute approximate surface area is 265 Å². The average Bonchev–Trinajstić information content (AvgIpc) is 3.37. The molecule has 0 bridgehead atoms. The first-order valence-electron chi connectivity index (χ1n) is 15.2. The van der Waals surface area contributed by atoms with Crippen LogP contribution in [0.3, 0.4) is 0 Å². The summed E-state index contributed by atoms with van der Waals surface area (Å²) in [6.45, 7) is 4.21. The normalized spacial score (nSPS) is 12.6. The summed E-state index contributed by atoms with van der Waals surface area (Å²) >= 11 is 0. The van der Waals surface area contributed by atoms with Crippen LogP contribution in [0.25, 0.3) is 11.1 Å². The van der Waals surface area contributed by atoms with Crippen LogP contribution in [0.5, 0.6) is 11.5 Å². The van der Waals surface area contributed by atoms with Crippen molar-refractivity contribution in [3.63, 3.8) is 0 Å². The van der Waals surface area contributed by atoms with E-state index in [2.05, 4.69) is 146 Å². The van der Waals surface area contributed by atoms with Gasteiger partial charge in [-0.1, -0.05) is 72.8 Å². The maximum atomic E-state index is 5.45. The predicted octanol–water partition coefficient (Wildman–Crippen LogP) is 10.2. The Morgan fingerprint density at radius 3 is 1.27 bits per heavy atom. The number of hydrogen-bond donors (Lipinski definition) is 2. The number of rotatable bonds is 8. The summed E-state index contributed by atoms with van der Waals surface area (Å²) in [5, 5.41) is 7.40. The molecule has 0 saturated heterocycles. The van der Waals surface area contributed by atoms with E-state index in [-0.39, 0.29) is 0 Å². The van der Waals surface area contributed by atoms with Gasteiger partial charge in [-0.3, -0.25) is 0 Å². The molecule has 4 heteroatoms. The van der Waals surface area contributed by atoms with Crippen LogP contribution in [0.1, 0.15) is 33.4 Å². The van der Waals surface area contributed by atoms with Crippen LogP contribution in [-0.2, 0) is 5.41 Å². The fourth-order valence-corrected chi connectivity index (χ4v) is 6.76. The number of methoxy groups -OCH3 is 2. The Morgan fingerprint density at radius 2 is 0.889 bits per heavy atom. The molecule has 1 aliphatic carbocycles. The van der Waals surface area contributed by atoms with E-state index in [9.17, 15) is 0 Å². The molecular formula is C41H36N2O2. The molecule has 0 amide bonds. The molecule has 2 N–H and O–H groups in total. The van der Waals surface area contributed by atoms with E-state index in [4.69, 9.17) is 9.47 Å². The molecule has 6 aromatic rings. The van der Waals surface area contributed by atoms with Gasteiger partial charge in [-0.25, -0.2) is 0 Å². The van der Waals surface area contributed by atoms with Gasteiger partial charge >= 0.3 is 0 Å². The van der Waals surface area contributed by atoms with Crippen molar-refractivity contribution < 1.29 is 9.47 Å². The van der Waals surface area contributed by atoms with Gasteiger partial charge < -0.3 is 20.1 Å². The third-order valence-electron chi connectivity index (χ3n) is 8.98. The van der Waals surface area contributed by atoms with Gasteiger partial charge in [0.15, 0.2) is 0 Å². The van der Waals surface area contributed by atoms with E-state index in [1.165, 1.54) is 33.4 Å². The van der Waals surface area contributed by atoms with Crippen LogP contribution in [0.2, 0.25) is 0 Å². The van der Waals surface area contributed by atoms with Gasteiger partial charge in [0, 0.05) is 22.7 Å². The van der Waals surface area contributed by atoms with Crippen molar-refractivity contribution >= 4 is 22.7 Å². The van der Waals surface area contributed by atoms with Gasteiger partial charge in [-0.2, -0.15) is 0 Å². The van der Waals surface area contributed by atoms with Crippen molar-refractivity contribution in [3.8, 4) is 22.6 Å². The minimum atomic E-state index is -0.521. The summed E-state index contributed by atoms with van der Waals surface area (Å²) in [4.78, 5) is 0. The van der Waals surface area contributed by atoms with Crippen molar-refractivity contribution in [2.75, 3.05) is 24.9 Å². The Hall–Kier alpha value is -5.48. The second-order valence-electron chi connectivity index (χ2n) is 11.6. The van der Waals surface area contributed by atoms with Gasteiger partial charge in [0.25, 0.3) is 0 Å². The van der Waals surface area contributed by atoms with Crippen molar-refractivity contribution in [2.24, 2.45) is 0 Å². The molecule has 0 atom stereocenters. The molecule has 0 radical (unpaired) electrons. The lowest BCUT2D eigenvalue weighted by Crippen LogP contribution is -2.28. The maximum Gasteiger partial charge on any atom is 0.119 e. The lowest BCUT2D eigenvalue weighted by Gasteiger charge is -2.34. The first-order chi connectivity index (χ1) is 22.0. The summed E-state index contributed by atoms with van der Waals surface area (Å²) in [7, 11) is 3.40. The van der Waals surface area contributed by atoms with Crippen LogP contribution in [0, 0.1) is 13.8 Å². The van der Waals surface area contributed by atoms with Gasteiger partial charge in [-0.15, -0.1) is 0 Å². The van der Waals surface area contributed by atoms with Gasteiger partial charge in [0.05, 0.1) is 19.6 Å². The summed E-state index contributed by atoms with van der Waals surface area (Å²) < 4.78 is 10.9. The standard InChI is InChI=1S/C41H36N2O2/c1-27-23-33(44-3)17-21-39(27)42-31-15-19-35-36-20-16-32(43-40-22-18-34(45-4)24-28(40)2)26-38(36)41(37(35)25-31,29-11-7-5-8-12-29)30-13-9-6-10-14-30/h5-26,42-43H,1-4H3. The Morgan fingerprint density at radius 1 is 0.467 bits per heavy atom. The van der Waals surface area contributed by atoms with Crippen molar-refractivity contribution in [1.29, 1.82) is 0 Å². The summed E-state index contributed by atoms with van der Waals surface area (Å²) in [6, 6.07) is 47.6. The van der Waals surface area contributed by atoms with E-state index in [0.29, 0.717) is 0 Å². The number of ether oxygens (including phenoxy) is 2. The van der Waals surface area contributed by atoms with Crippen LogP contribution in [0.4, 0.5) is 22.7 Å². The van der Waals surface area contributed by atoms with E-state index in [1.807, 2.05) is 12.1 Å². The number of fused-ring (bicyclic) bond motifs is 3. The lowest BCUT2D eigenvalue weighted by molar-refractivity contribution is 0.414.